The van der Waals surface area contributed by atoms with Crippen molar-refractivity contribution in [3.63, 3.8) is 0 Å². The second kappa shape index (κ2) is 21.6. The van der Waals surface area contributed by atoms with Crippen molar-refractivity contribution < 1.29 is 4.39 Å². The highest BCUT2D eigenvalue weighted by atomic mass is 19.1. The molecule has 0 aliphatic rings. The van der Waals surface area contributed by atoms with Crippen molar-refractivity contribution in [3.8, 4) is 0 Å². The highest BCUT2D eigenvalue weighted by Crippen LogP contribution is 2.24. The van der Waals surface area contributed by atoms with Gasteiger partial charge in [0.05, 0.1) is 0 Å². The smallest absolute Gasteiger partial charge is 0.126 e. The van der Waals surface area contributed by atoms with Gasteiger partial charge in [0, 0.05) is 0 Å². The minimum Gasteiger partial charge on any atom is -0.207 e. The van der Waals surface area contributed by atoms with E-state index in [-0.39, 0.29) is 5.82 Å². The minimum atomic E-state index is -0.127. The maximum Gasteiger partial charge on any atom is 0.126 e. The minimum absolute atomic E-state index is 0.127. The Morgan fingerprint density at radius 1 is 0.868 bits per heavy atom. The van der Waals surface area contributed by atoms with Gasteiger partial charge in [0.2, 0.25) is 0 Å². The molecule has 0 aliphatic carbocycles. The van der Waals surface area contributed by atoms with Gasteiger partial charge in [-0.15, -0.1) is 6.58 Å². The molecule has 206 valence electrons. The Morgan fingerprint density at radius 3 is 1.82 bits per heavy atom. The molecule has 0 aliphatic heterocycles. The number of halogens is 1. The number of rotatable bonds is 6. The Labute approximate surface area is 234 Å². The summed E-state index contributed by atoms with van der Waals surface area (Å²) in [7, 11) is 0. The van der Waals surface area contributed by atoms with Crippen LogP contribution in [0.5, 0.6) is 0 Å². The lowest BCUT2D eigenvalue weighted by atomic mass is 9.97. The summed E-state index contributed by atoms with van der Waals surface area (Å²) in [6, 6.07) is 12.2. The molecular formula is C37H51F. The molecule has 0 spiro atoms. The molecule has 0 nitrogen and oxygen atoms in total. The molecule has 0 saturated heterocycles. The van der Waals surface area contributed by atoms with Crippen LogP contribution < -0.4 is 0 Å². The van der Waals surface area contributed by atoms with Gasteiger partial charge in [0.1, 0.15) is 5.82 Å². The normalized spacial score (nSPS) is 10.3. The molecule has 38 heavy (non-hydrogen) atoms. The van der Waals surface area contributed by atoms with Crippen LogP contribution in [0.4, 0.5) is 4.39 Å². The standard InChI is InChI=1S/C15H19F.C11H14.C8H12.C3H6/c1-6-7-14(10(2)3)13-8-11(4)12(5)15(16)9-13;1-4-10-6-5-7-11(8-10)9(2)3;1-4-7-8(5-2)6-3;1-3-2/h6-9H,1-5H3;5-8H,2,4H2,1,3H3;4-7H,2H2,1,3H3;3H,1H2,2H3/b7-6-;;7-4+,8-6+;. The molecule has 0 amide bonds. The van der Waals surface area contributed by atoms with E-state index in [1.165, 1.54) is 22.3 Å². The van der Waals surface area contributed by atoms with E-state index in [1.54, 1.807) is 12.1 Å². The van der Waals surface area contributed by atoms with E-state index in [1.807, 2.05) is 105 Å². The van der Waals surface area contributed by atoms with Crippen LogP contribution in [0.25, 0.3) is 11.1 Å². The molecule has 2 rings (SSSR count). The van der Waals surface area contributed by atoms with Crippen molar-refractivity contribution in [2.24, 2.45) is 0 Å². The average molecular weight is 515 g/mol. The molecule has 2 aromatic carbocycles. The highest BCUT2D eigenvalue weighted by molar-refractivity contribution is 5.76. The van der Waals surface area contributed by atoms with E-state index in [0.29, 0.717) is 0 Å². The fourth-order valence-corrected chi connectivity index (χ4v) is 3.22. The van der Waals surface area contributed by atoms with E-state index >= 15 is 0 Å². The Balaban J connectivity index is 0. The number of hydrogen-bond donors (Lipinski definition) is 0. The van der Waals surface area contributed by atoms with Gasteiger partial charge in [-0.25, -0.2) is 4.39 Å². The van der Waals surface area contributed by atoms with Crippen LogP contribution in [0.3, 0.4) is 0 Å². The Kier molecular flexibility index (Phi) is 20.9. The third kappa shape index (κ3) is 15.0. The fourth-order valence-electron chi connectivity index (χ4n) is 3.22. The Bertz CT molecular complexity index is 1110. The van der Waals surface area contributed by atoms with Gasteiger partial charge in [-0.3, -0.25) is 0 Å². The van der Waals surface area contributed by atoms with E-state index in [4.69, 9.17) is 0 Å². The van der Waals surface area contributed by atoms with Crippen LogP contribution >= 0.6 is 0 Å². The van der Waals surface area contributed by atoms with E-state index in [9.17, 15) is 4.39 Å². The first kappa shape index (κ1) is 36.7. The molecule has 0 radical (unpaired) electrons. The molecule has 0 atom stereocenters. The van der Waals surface area contributed by atoms with Gasteiger partial charge in [-0.05, 0) is 114 Å². The number of benzene rings is 2. The monoisotopic (exact) mass is 514 g/mol. The number of aryl methyl sites for hydroxylation is 2. The summed E-state index contributed by atoms with van der Waals surface area (Å²) in [6.45, 7) is 30.8. The third-order valence-corrected chi connectivity index (χ3v) is 5.54. The van der Waals surface area contributed by atoms with Crippen LogP contribution in [0.2, 0.25) is 0 Å². The summed E-state index contributed by atoms with van der Waals surface area (Å²) in [5.74, 6) is -0.127. The summed E-state index contributed by atoms with van der Waals surface area (Å²) in [4.78, 5) is 0. The topological polar surface area (TPSA) is 0 Å². The number of allylic oxidation sites excluding steroid dienone is 11. The van der Waals surface area contributed by atoms with Crippen molar-refractivity contribution >= 4 is 11.1 Å². The first-order valence-electron chi connectivity index (χ1n) is 13.3. The zero-order valence-electron chi connectivity index (χ0n) is 25.7. The Morgan fingerprint density at radius 2 is 1.45 bits per heavy atom. The zero-order valence-corrected chi connectivity index (χ0v) is 25.7. The predicted molar refractivity (Wildman–Crippen MR) is 174 cm³/mol. The van der Waals surface area contributed by atoms with Crippen molar-refractivity contribution in [2.45, 2.75) is 75.7 Å². The summed E-state index contributed by atoms with van der Waals surface area (Å²) in [6.07, 6.45) is 14.7. The molecule has 0 fully saturated rings. The Hall–Kier alpha value is -3.45. The summed E-state index contributed by atoms with van der Waals surface area (Å²) >= 11 is 0. The molecule has 0 N–H and O–H groups in total. The molecule has 0 aromatic heterocycles. The average Bonchev–Trinajstić information content (AvgIpc) is 2.89. The van der Waals surface area contributed by atoms with Crippen LogP contribution in [0.15, 0.2) is 110 Å². The van der Waals surface area contributed by atoms with Crippen LogP contribution in [0.1, 0.15) is 83.2 Å². The van der Waals surface area contributed by atoms with Gasteiger partial charge in [-0.2, -0.15) is 0 Å². The summed E-state index contributed by atoms with van der Waals surface area (Å²) in [5.41, 5.74) is 9.93. The second-order valence-electron chi connectivity index (χ2n) is 9.05. The van der Waals surface area contributed by atoms with Gasteiger partial charge in [0.15, 0.2) is 0 Å². The van der Waals surface area contributed by atoms with Gasteiger partial charge >= 0.3 is 0 Å². The van der Waals surface area contributed by atoms with Crippen LogP contribution in [-0.2, 0) is 6.42 Å². The lowest BCUT2D eigenvalue weighted by Crippen LogP contribution is -1.92. The molecule has 0 unspecified atom stereocenters. The second-order valence-corrected chi connectivity index (χ2v) is 9.05. The molecule has 2 aromatic rings. The fraction of sp³-hybridized carbons (Fsp3) is 0.297. The molecular weight excluding hydrogens is 463 g/mol. The SMILES string of the molecule is C/C=C\C(=C(C)C)c1cc(C)c(C)c(F)c1.C=C(C)c1cccc(CC)c1.C=CC.C=CC(/C=C/C)=C\C. The summed E-state index contributed by atoms with van der Waals surface area (Å²) < 4.78 is 13.7. The quantitative estimate of drug-likeness (QED) is 0.265. The maximum atomic E-state index is 13.7. The van der Waals surface area contributed by atoms with Crippen LogP contribution in [0, 0.1) is 19.7 Å². The van der Waals surface area contributed by atoms with Gasteiger partial charge in [-0.1, -0.05) is 104 Å². The molecule has 0 saturated carbocycles. The maximum absolute atomic E-state index is 13.7. The largest absolute Gasteiger partial charge is 0.207 e. The summed E-state index contributed by atoms with van der Waals surface area (Å²) in [5, 5.41) is 0. The molecule has 0 heterocycles. The first-order chi connectivity index (χ1) is 18.0. The zero-order chi connectivity index (χ0) is 29.7. The lowest BCUT2D eigenvalue weighted by molar-refractivity contribution is 0.616. The number of hydrogen-bond acceptors (Lipinski definition) is 0. The first-order valence-corrected chi connectivity index (χ1v) is 13.3. The highest BCUT2D eigenvalue weighted by Gasteiger charge is 2.07. The van der Waals surface area contributed by atoms with E-state index < -0.39 is 0 Å². The lowest BCUT2D eigenvalue weighted by Gasteiger charge is -2.09. The van der Waals surface area contributed by atoms with Crippen LogP contribution in [-0.4, -0.2) is 0 Å². The predicted octanol–water partition coefficient (Wildman–Crippen LogP) is 12.0. The third-order valence-electron chi connectivity index (χ3n) is 5.54. The molecule has 0 bridgehead atoms. The van der Waals surface area contributed by atoms with Gasteiger partial charge in [0.25, 0.3) is 0 Å². The van der Waals surface area contributed by atoms with Crippen molar-refractivity contribution in [1.82, 2.24) is 0 Å². The van der Waals surface area contributed by atoms with E-state index in [0.717, 1.165) is 34.3 Å². The molecule has 1 heteroatoms. The van der Waals surface area contributed by atoms with E-state index in [2.05, 4.69) is 50.9 Å². The van der Waals surface area contributed by atoms with Crippen molar-refractivity contribution in [3.05, 3.63) is 143 Å². The van der Waals surface area contributed by atoms with Crippen molar-refractivity contribution in [1.29, 1.82) is 0 Å². The van der Waals surface area contributed by atoms with Crippen molar-refractivity contribution in [2.75, 3.05) is 0 Å². The van der Waals surface area contributed by atoms with Gasteiger partial charge < -0.3 is 0 Å².